The van der Waals surface area contributed by atoms with Crippen LogP contribution in [0.1, 0.15) is 31.9 Å². The Morgan fingerprint density at radius 2 is 1.77 bits per heavy atom. The molecule has 0 spiro atoms. The van der Waals surface area contributed by atoms with Crippen LogP contribution < -0.4 is 20.3 Å². The highest BCUT2D eigenvalue weighted by Crippen LogP contribution is 2.11. The molecule has 2 amide bonds. The molecule has 0 radical (unpaired) electrons. The molecule has 0 aliphatic heterocycles. The van der Waals surface area contributed by atoms with Crippen molar-refractivity contribution in [1.82, 2.24) is 20.6 Å². The van der Waals surface area contributed by atoms with Gasteiger partial charge in [0.15, 0.2) is 0 Å². The van der Waals surface area contributed by atoms with Crippen molar-refractivity contribution in [2.24, 2.45) is 0 Å². The van der Waals surface area contributed by atoms with Crippen LogP contribution >= 0.6 is 0 Å². The zero-order valence-electron chi connectivity index (χ0n) is 15.7. The van der Waals surface area contributed by atoms with Crippen molar-refractivity contribution >= 4 is 11.8 Å². The maximum Gasteiger partial charge on any atom is 0.315 e. The summed E-state index contributed by atoms with van der Waals surface area (Å²) in [4.78, 5) is 22.7. The Morgan fingerprint density at radius 3 is 2.38 bits per heavy atom. The summed E-state index contributed by atoms with van der Waals surface area (Å²) >= 11 is 0. The van der Waals surface area contributed by atoms with E-state index in [0.29, 0.717) is 25.6 Å². The molecule has 0 aromatic carbocycles. The topological polar surface area (TPSA) is 79.4 Å². The average Bonchev–Trinajstić information content (AvgIpc) is 2.67. The first-order chi connectivity index (χ1) is 12.7. The summed E-state index contributed by atoms with van der Waals surface area (Å²) in [6, 6.07) is 7.40. The molecule has 7 heteroatoms. The van der Waals surface area contributed by atoms with Gasteiger partial charge in [-0.05, 0) is 44.0 Å². The first-order valence-electron chi connectivity index (χ1n) is 8.95. The zero-order chi connectivity index (χ0) is 18.8. The number of anilines is 1. The number of hydrogen-bond acceptors (Lipinski definition) is 5. The van der Waals surface area contributed by atoms with E-state index in [1.54, 1.807) is 12.4 Å². The van der Waals surface area contributed by atoms with Crippen LogP contribution in [-0.4, -0.2) is 35.7 Å². The smallest absolute Gasteiger partial charge is 0.315 e. The summed E-state index contributed by atoms with van der Waals surface area (Å²) < 4.78 is 5.35. The van der Waals surface area contributed by atoms with Crippen LogP contribution in [0.2, 0.25) is 0 Å². The van der Waals surface area contributed by atoms with Gasteiger partial charge in [0, 0.05) is 44.6 Å². The van der Waals surface area contributed by atoms with E-state index in [1.165, 1.54) is 0 Å². The van der Waals surface area contributed by atoms with Crippen LogP contribution in [0.25, 0.3) is 0 Å². The molecular formula is C19H27N5O2. The Kier molecular flexibility index (Phi) is 7.67. The van der Waals surface area contributed by atoms with Crippen molar-refractivity contribution in [2.75, 3.05) is 24.6 Å². The number of aromatic nitrogens is 2. The second-order valence-electron chi connectivity index (χ2n) is 5.67. The molecule has 26 heavy (non-hydrogen) atoms. The summed E-state index contributed by atoms with van der Waals surface area (Å²) in [5.41, 5.74) is 1.89. The highest BCUT2D eigenvalue weighted by atomic mass is 16.5. The number of ether oxygens (including phenoxy) is 1. The van der Waals surface area contributed by atoms with Gasteiger partial charge in [-0.25, -0.2) is 14.8 Å². The average molecular weight is 357 g/mol. The first-order valence-corrected chi connectivity index (χ1v) is 8.95. The molecule has 0 atom stereocenters. The summed E-state index contributed by atoms with van der Waals surface area (Å²) in [6.07, 6.45) is 3.47. The molecule has 2 aromatic heterocycles. The molecule has 2 N–H and O–H groups in total. The molecule has 0 saturated heterocycles. The summed E-state index contributed by atoms with van der Waals surface area (Å²) in [5.74, 6) is 1.51. The van der Waals surface area contributed by atoms with Gasteiger partial charge in [-0.2, -0.15) is 0 Å². The van der Waals surface area contributed by atoms with Gasteiger partial charge in [0.1, 0.15) is 5.82 Å². The highest BCUT2D eigenvalue weighted by Gasteiger charge is 2.05. The maximum atomic E-state index is 12.0. The fourth-order valence-corrected chi connectivity index (χ4v) is 2.47. The minimum Gasteiger partial charge on any atom is -0.478 e. The van der Waals surface area contributed by atoms with Gasteiger partial charge in [-0.3, -0.25) is 0 Å². The summed E-state index contributed by atoms with van der Waals surface area (Å²) in [7, 11) is 0. The van der Waals surface area contributed by atoms with E-state index in [1.807, 2.05) is 31.2 Å². The Morgan fingerprint density at radius 1 is 1.04 bits per heavy atom. The van der Waals surface area contributed by atoms with E-state index in [4.69, 9.17) is 4.74 Å². The molecule has 2 heterocycles. The van der Waals surface area contributed by atoms with Crippen molar-refractivity contribution in [2.45, 2.75) is 33.9 Å². The molecule has 0 aliphatic rings. The van der Waals surface area contributed by atoms with Crippen LogP contribution in [0, 0.1) is 0 Å². The maximum absolute atomic E-state index is 12.0. The van der Waals surface area contributed by atoms with E-state index in [9.17, 15) is 4.79 Å². The number of carbonyl (C=O) groups excluding carboxylic acids is 1. The minimum absolute atomic E-state index is 0.229. The molecule has 0 fully saturated rings. The number of rotatable bonds is 9. The fourth-order valence-electron chi connectivity index (χ4n) is 2.47. The minimum atomic E-state index is -0.229. The third-order valence-corrected chi connectivity index (χ3v) is 3.89. The predicted octanol–water partition coefficient (Wildman–Crippen LogP) is 2.72. The molecule has 140 valence electrons. The van der Waals surface area contributed by atoms with E-state index < -0.39 is 0 Å². The molecule has 7 nitrogen and oxygen atoms in total. The molecule has 0 aliphatic carbocycles. The van der Waals surface area contributed by atoms with Crippen molar-refractivity contribution in [1.29, 1.82) is 0 Å². The number of nitrogens with zero attached hydrogens (tertiary/aromatic N) is 3. The van der Waals surface area contributed by atoms with Crippen molar-refractivity contribution in [3.63, 3.8) is 0 Å². The lowest BCUT2D eigenvalue weighted by Crippen LogP contribution is -2.34. The Hall–Kier alpha value is -2.83. The monoisotopic (exact) mass is 357 g/mol. The zero-order valence-corrected chi connectivity index (χ0v) is 15.7. The standard InChI is InChI=1S/C19H27N5O2/c1-4-24(5-2)17-8-7-16(13-21-17)14-23-19(25)22-12-15-9-10-20-18(11-15)26-6-3/h7-11,13H,4-6,12,14H2,1-3H3,(H2,22,23,25). The van der Waals surface area contributed by atoms with Gasteiger partial charge in [0.05, 0.1) is 6.61 Å². The summed E-state index contributed by atoms with van der Waals surface area (Å²) in [5, 5.41) is 5.66. The second kappa shape index (κ2) is 10.2. The van der Waals surface area contributed by atoms with E-state index in [-0.39, 0.29) is 6.03 Å². The van der Waals surface area contributed by atoms with E-state index in [2.05, 4.69) is 39.3 Å². The number of hydrogen-bond donors (Lipinski definition) is 2. The quantitative estimate of drug-likeness (QED) is 0.721. The number of carbonyl (C=O) groups is 1. The fraction of sp³-hybridized carbons (Fsp3) is 0.421. The molecule has 0 bridgehead atoms. The van der Waals surface area contributed by atoms with Crippen molar-refractivity contribution < 1.29 is 9.53 Å². The number of amides is 2. The molecule has 0 unspecified atom stereocenters. The normalized spacial score (nSPS) is 10.3. The van der Waals surface area contributed by atoms with Gasteiger partial charge >= 0.3 is 6.03 Å². The second-order valence-corrected chi connectivity index (χ2v) is 5.67. The number of nitrogens with one attached hydrogen (secondary N) is 2. The van der Waals surface area contributed by atoms with Crippen LogP contribution in [-0.2, 0) is 13.1 Å². The molecular weight excluding hydrogens is 330 g/mol. The third-order valence-electron chi connectivity index (χ3n) is 3.89. The van der Waals surface area contributed by atoms with E-state index >= 15 is 0 Å². The van der Waals surface area contributed by atoms with Crippen molar-refractivity contribution in [3.05, 3.63) is 47.8 Å². The molecule has 0 saturated carbocycles. The van der Waals surface area contributed by atoms with Crippen LogP contribution in [0.4, 0.5) is 10.6 Å². The lowest BCUT2D eigenvalue weighted by molar-refractivity contribution is 0.240. The van der Waals surface area contributed by atoms with Gasteiger partial charge in [0.25, 0.3) is 0 Å². The SMILES string of the molecule is CCOc1cc(CNC(=O)NCc2ccc(N(CC)CC)nc2)ccn1. The summed E-state index contributed by atoms with van der Waals surface area (Å²) in [6.45, 7) is 9.35. The lowest BCUT2D eigenvalue weighted by atomic mass is 10.2. The van der Waals surface area contributed by atoms with Crippen LogP contribution in [0.5, 0.6) is 5.88 Å². The highest BCUT2D eigenvalue weighted by molar-refractivity contribution is 5.73. The largest absolute Gasteiger partial charge is 0.478 e. The predicted molar refractivity (Wildman–Crippen MR) is 102 cm³/mol. The Labute approximate surface area is 154 Å². The van der Waals surface area contributed by atoms with E-state index in [0.717, 1.165) is 30.0 Å². The van der Waals surface area contributed by atoms with Crippen molar-refractivity contribution in [3.8, 4) is 5.88 Å². The van der Waals surface area contributed by atoms with Gasteiger partial charge < -0.3 is 20.3 Å². The number of pyridine rings is 2. The third kappa shape index (κ3) is 5.91. The Bertz CT molecular complexity index is 687. The lowest BCUT2D eigenvalue weighted by Gasteiger charge is -2.19. The molecule has 2 aromatic rings. The van der Waals surface area contributed by atoms with Crippen LogP contribution in [0.3, 0.4) is 0 Å². The Balaban J connectivity index is 1.79. The van der Waals surface area contributed by atoms with Crippen LogP contribution in [0.15, 0.2) is 36.7 Å². The first kappa shape index (κ1) is 19.5. The van der Waals surface area contributed by atoms with Gasteiger partial charge in [0.2, 0.25) is 5.88 Å². The number of urea groups is 1. The van der Waals surface area contributed by atoms with Gasteiger partial charge in [-0.15, -0.1) is 0 Å². The molecule has 2 rings (SSSR count). The van der Waals surface area contributed by atoms with Gasteiger partial charge in [-0.1, -0.05) is 6.07 Å².